The Labute approximate surface area is 170 Å². The van der Waals surface area contributed by atoms with E-state index in [1.54, 1.807) is 0 Å². The topological polar surface area (TPSA) is 46.5 Å². The number of carbonyl (C=O) groups is 1. The Balaban J connectivity index is 1.94. The molecule has 0 unspecified atom stereocenters. The molecule has 0 aromatic heterocycles. The van der Waals surface area contributed by atoms with Crippen molar-refractivity contribution < 1.29 is 14.6 Å². The molecular formula is C24H24O3S. The van der Waals surface area contributed by atoms with Gasteiger partial charge in [0.1, 0.15) is 0 Å². The first kappa shape index (κ1) is 20.2. The number of carboxylic acids is 1. The first-order valence-corrected chi connectivity index (χ1v) is 10.3. The monoisotopic (exact) mass is 392 g/mol. The maximum Gasteiger partial charge on any atom is 0.305 e. The molecule has 28 heavy (non-hydrogen) atoms. The van der Waals surface area contributed by atoms with Gasteiger partial charge < -0.3 is 9.84 Å². The fraction of sp³-hybridized carbons (Fsp3) is 0.208. The second-order valence-electron chi connectivity index (χ2n) is 6.38. The third-order valence-electron chi connectivity index (χ3n) is 4.55. The summed E-state index contributed by atoms with van der Waals surface area (Å²) >= 11 is 1.81. The predicted molar refractivity (Wildman–Crippen MR) is 115 cm³/mol. The Morgan fingerprint density at radius 2 is 1.18 bits per heavy atom. The molecule has 3 nitrogen and oxygen atoms in total. The Kier molecular flexibility index (Phi) is 7.29. The summed E-state index contributed by atoms with van der Waals surface area (Å²) in [5.41, 5.74) is 3.63. The molecule has 0 heterocycles. The highest BCUT2D eigenvalue weighted by Crippen LogP contribution is 2.48. The molecule has 0 saturated carbocycles. The van der Waals surface area contributed by atoms with Gasteiger partial charge in [-0.2, -0.15) is 0 Å². The van der Waals surface area contributed by atoms with Crippen LogP contribution in [0.1, 0.15) is 23.1 Å². The maximum absolute atomic E-state index is 10.7. The standard InChI is InChI=1S/C24H24O3S/c25-23(26)16-17-27-18-19-28-24(20-10-4-1-5-11-20,21-12-6-2-7-13-21)22-14-8-3-9-15-22/h1-15H,16-19H2,(H,25,26). The van der Waals surface area contributed by atoms with Crippen LogP contribution in [0.2, 0.25) is 0 Å². The maximum atomic E-state index is 10.7. The summed E-state index contributed by atoms with van der Waals surface area (Å²) < 4.78 is 5.18. The third-order valence-corrected chi connectivity index (χ3v) is 6.06. The van der Waals surface area contributed by atoms with E-state index in [1.807, 2.05) is 30.0 Å². The van der Waals surface area contributed by atoms with Gasteiger partial charge in [0, 0.05) is 5.75 Å². The van der Waals surface area contributed by atoms with Crippen LogP contribution in [-0.2, 0) is 14.3 Å². The average molecular weight is 393 g/mol. The van der Waals surface area contributed by atoms with Crippen molar-refractivity contribution in [2.45, 2.75) is 11.2 Å². The van der Waals surface area contributed by atoms with Crippen molar-refractivity contribution in [1.82, 2.24) is 0 Å². The van der Waals surface area contributed by atoms with Gasteiger partial charge in [0.25, 0.3) is 0 Å². The van der Waals surface area contributed by atoms with E-state index in [0.717, 1.165) is 5.75 Å². The molecule has 3 rings (SSSR count). The number of thioether (sulfide) groups is 1. The smallest absolute Gasteiger partial charge is 0.305 e. The number of hydrogen-bond acceptors (Lipinski definition) is 3. The van der Waals surface area contributed by atoms with Crippen molar-refractivity contribution in [2.24, 2.45) is 0 Å². The lowest BCUT2D eigenvalue weighted by atomic mass is 9.84. The normalized spacial score (nSPS) is 11.3. The number of aliphatic carboxylic acids is 1. The predicted octanol–water partition coefficient (Wildman–Crippen LogP) is 5.20. The summed E-state index contributed by atoms with van der Waals surface area (Å²) in [5, 5.41) is 8.76. The van der Waals surface area contributed by atoms with Crippen molar-refractivity contribution in [1.29, 1.82) is 0 Å². The lowest BCUT2D eigenvalue weighted by Crippen LogP contribution is -2.26. The molecule has 1 N–H and O–H groups in total. The molecule has 4 heteroatoms. The van der Waals surface area contributed by atoms with Gasteiger partial charge in [-0.05, 0) is 16.7 Å². The van der Waals surface area contributed by atoms with Gasteiger partial charge in [0.05, 0.1) is 24.4 Å². The third kappa shape index (κ3) is 4.83. The van der Waals surface area contributed by atoms with Crippen molar-refractivity contribution in [3.8, 4) is 0 Å². The number of carboxylic acid groups (broad SMARTS) is 1. The minimum absolute atomic E-state index is 0.0336. The zero-order valence-corrected chi connectivity index (χ0v) is 16.5. The van der Waals surface area contributed by atoms with Crippen LogP contribution in [-0.4, -0.2) is 30.0 Å². The number of rotatable bonds is 10. The molecule has 144 valence electrons. The summed E-state index contributed by atoms with van der Waals surface area (Å²) in [4.78, 5) is 10.7. The van der Waals surface area contributed by atoms with E-state index in [2.05, 4.69) is 72.8 Å². The largest absolute Gasteiger partial charge is 0.481 e. The molecule has 0 aliphatic heterocycles. The molecule has 3 aromatic rings. The Hall–Kier alpha value is -2.56. The van der Waals surface area contributed by atoms with Gasteiger partial charge in [-0.15, -0.1) is 11.8 Å². The second kappa shape index (κ2) is 10.1. The molecule has 0 spiro atoms. The fourth-order valence-corrected chi connectivity index (χ4v) is 4.70. The van der Waals surface area contributed by atoms with E-state index >= 15 is 0 Å². The molecule has 3 aromatic carbocycles. The van der Waals surface area contributed by atoms with E-state index in [4.69, 9.17) is 9.84 Å². The van der Waals surface area contributed by atoms with Crippen molar-refractivity contribution in [3.05, 3.63) is 108 Å². The molecule has 0 amide bonds. The lowest BCUT2D eigenvalue weighted by molar-refractivity contribution is -0.138. The molecule has 0 fully saturated rings. The van der Waals surface area contributed by atoms with Gasteiger partial charge >= 0.3 is 5.97 Å². The van der Waals surface area contributed by atoms with Crippen LogP contribution < -0.4 is 0 Å². The zero-order valence-electron chi connectivity index (χ0n) is 15.7. The van der Waals surface area contributed by atoms with Gasteiger partial charge in [0.2, 0.25) is 0 Å². The highest BCUT2D eigenvalue weighted by molar-refractivity contribution is 8.00. The van der Waals surface area contributed by atoms with Gasteiger partial charge in [0.15, 0.2) is 0 Å². The van der Waals surface area contributed by atoms with Crippen molar-refractivity contribution in [2.75, 3.05) is 19.0 Å². The van der Waals surface area contributed by atoms with Crippen molar-refractivity contribution >= 4 is 17.7 Å². The Bertz CT molecular complexity index is 754. The van der Waals surface area contributed by atoms with Crippen LogP contribution in [0.3, 0.4) is 0 Å². The quantitative estimate of drug-likeness (QED) is 0.380. The average Bonchev–Trinajstić information content (AvgIpc) is 2.75. The van der Waals surface area contributed by atoms with E-state index < -0.39 is 5.97 Å². The summed E-state index contributed by atoms with van der Waals surface area (Å²) in [5.74, 6) is -0.0852. The molecule has 0 radical (unpaired) electrons. The SMILES string of the molecule is O=C(O)CCOCCSC(c1ccccc1)(c1ccccc1)c1ccccc1. The van der Waals surface area contributed by atoms with E-state index in [9.17, 15) is 4.79 Å². The van der Waals surface area contributed by atoms with E-state index in [0.29, 0.717) is 6.61 Å². The molecule has 0 bridgehead atoms. The number of hydrogen-bond donors (Lipinski definition) is 1. The molecule has 0 atom stereocenters. The van der Waals surface area contributed by atoms with Crippen molar-refractivity contribution in [3.63, 3.8) is 0 Å². The number of benzene rings is 3. The molecular weight excluding hydrogens is 368 g/mol. The lowest BCUT2D eigenvalue weighted by Gasteiger charge is -2.35. The van der Waals surface area contributed by atoms with Crippen LogP contribution in [0.5, 0.6) is 0 Å². The number of ether oxygens (including phenoxy) is 1. The second-order valence-corrected chi connectivity index (χ2v) is 7.69. The van der Waals surface area contributed by atoms with Gasteiger partial charge in [-0.25, -0.2) is 0 Å². The minimum atomic E-state index is -0.833. The Morgan fingerprint density at radius 3 is 1.57 bits per heavy atom. The summed E-state index contributed by atoms with van der Waals surface area (Å²) in [7, 11) is 0. The highest BCUT2D eigenvalue weighted by atomic mass is 32.2. The molecule has 0 aliphatic carbocycles. The van der Waals surface area contributed by atoms with E-state index in [1.165, 1.54) is 16.7 Å². The fourth-order valence-electron chi connectivity index (χ4n) is 3.28. The Morgan fingerprint density at radius 1 is 0.750 bits per heavy atom. The van der Waals surface area contributed by atoms with Crippen LogP contribution in [0, 0.1) is 0 Å². The van der Waals surface area contributed by atoms with Gasteiger partial charge in [-0.3, -0.25) is 4.79 Å². The van der Waals surface area contributed by atoms with Gasteiger partial charge in [-0.1, -0.05) is 91.0 Å². The zero-order chi connectivity index (χ0) is 19.7. The summed E-state index contributed by atoms with van der Waals surface area (Å²) in [6.45, 7) is 0.747. The van der Waals surface area contributed by atoms with Crippen LogP contribution in [0.4, 0.5) is 0 Å². The molecule has 0 saturated heterocycles. The molecule has 0 aliphatic rings. The minimum Gasteiger partial charge on any atom is -0.481 e. The first-order valence-electron chi connectivity index (χ1n) is 9.33. The van der Waals surface area contributed by atoms with Crippen LogP contribution in [0.25, 0.3) is 0 Å². The summed E-state index contributed by atoms with van der Waals surface area (Å²) in [6.07, 6.45) is 0.0336. The van der Waals surface area contributed by atoms with Crippen LogP contribution >= 0.6 is 11.8 Å². The van der Waals surface area contributed by atoms with Crippen LogP contribution in [0.15, 0.2) is 91.0 Å². The summed E-state index contributed by atoms with van der Waals surface area (Å²) in [6, 6.07) is 31.5. The highest BCUT2D eigenvalue weighted by Gasteiger charge is 2.36. The van der Waals surface area contributed by atoms with E-state index in [-0.39, 0.29) is 17.8 Å². The first-order chi connectivity index (χ1) is 13.7.